The van der Waals surface area contributed by atoms with E-state index in [2.05, 4.69) is 4.72 Å². The number of nitrogens with one attached hydrogen (secondary N) is 1. The molecule has 0 aliphatic rings. The highest BCUT2D eigenvalue weighted by molar-refractivity contribution is 8.00. The normalized spacial score (nSPS) is 9.69. The second-order valence-corrected chi connectivity index (χ2v) is 3.50. The van der Waals surface area contributed by atoms with E-state index in [1.807, 2.05) is 6.92 Å². The van der Waals surface area contributed by atoms with E-state index in [4.69, 9.17) is 0 Å². The van der Waals surface area contributed by atoms with Gasteiger partial charge in [0.25, 0.3) is 0 Å². The number of hydrogen-bond acceptors (Lipinski definition) is 3. The summed E-state index contributed by atoms with van der Waals surface area (Å²) in [7, 11) is 0. The first-order chi connectivity index (χ1) is 6.26. The highest BCUT2D eigenvalue weighted by Gasteiger charge is 1.98. The van der Waals surface area contributed by atoms with E-state index in [1.54, 1.807) is 6.07 Å². The summed E-state index contributed by atoms with van der Waals surface area (Å²) in [5.74, 6) is 0.483. The van der Waals surface area contributed by atoms with E-state index in [-0.39, 0.29) is 0 Å². The second-order valence-electron chi connectivity index (χ2n) is 2.43. The molecule has 2 nitrogen and oxygen atoms in total. The Kier molecular flexibility index (Phi) is 3.76. The van der Waals surface area contributed by atoms with Gasteiger partial charge in [-0.05, 0) is 18.2 Å². The predicted molar refractivity (Wildman–Crippen MR) is 53.5 cm³/mol. The summed E-state index contributed by atoms with van der Waals surface area (Å²) >= 11 is 1.46. The van der Waals surface area contributed by atoms with Crippen LogP contribution in [0, 0.1) is 5.82 Å². The summed E-state index contributed by atoms with van der Waals surface area (Å²) in [5.41, 5.74) is 0.966. The molecule has 0 fully saturated rings. The van der Waals surface area contributed by atoms with Crippen molar-refractivity contribution in [2.75, 3.05) is 10.5 Å². The third kappa shape index (κ3) is 3.06. The maximum atomic E-state index is 12.8. The largest absolute Gasteiger partial charge is 0.330 e. The van der Waals surface area contributed by atoms with Crippen LogP contribution in [0.25, 0.3) is 0 Å². The number of benzene rings is 1. The summed E-state index contributed by atoms with van der Waals surface area (Å²) in [6.07, 6.45) is 0.630. The quantitative estimate of drug-likeness (QED) is 0.597. The van der Waals surface area contributed by atoms with E-state index in [0.717, 1.165) is 5.75 Å². The second kappa shape index (κ2) is 4.87. The van der Waals surface area contributed by atoms with Gasteiger partial charge in [0, 0.05) is 17.0 Å². The lowest BCUT2D eigenvalue weighted by Gasteiger charge is -2.03. The van der Waals surface area contributed by atoms with Crippen LogP contribution in [0.1, 0.15) is 17.3 Å². The molecule has 1 rings (SSSR count). The number of aldehydes is 1. The van der Waals surface area contributed by atoms with Gasteiger partial charge in [-0.3, -0.25) is 4.79 Å². The van der Waals surface area contributed by atoms with E-state index in [9.17, 15) is 9.18 Å². The number of carbonyl (C=O) groups excluding carboxylic acids is 1. The molecule has 13 heavy (non-hydrogen) atoms. The first-order valence-corrected chi connectivity index (χ1v) is 4.88. The van der Waals surface area contributed by atoms with Crippen LogP contribution in [0.4, 0.5) is 10.1 Å². The van der Waals surface area contributed by atoms with Crippen molar-refractivity contribution in [3.8, 4) is 0 Å². The van der Waals surface area contributed by atoms with E-state index in [1.165, 1.54) is 24.1 Å². The fourth-order valence-corrected chi connectivity index (χ4v) is 1.32. The van der Waals surface area contributed by atoms with Crippen LogP contribution >= 0.6 is 11.9 Å². The molecule has 0 radical (unpaired) electrons. The molecule has 0 saturated carbocycles. The molecule has 1 N–H and O–H groups in total. The molecule has 0 unspecified atom stereocenters. The minimum absolute atomic E-state index is 0.346. The van der Waals surface area contributed by atoms with Gasteiger partial charge in [-0.2, -0.15) is 0 Å². The van der Waals surface area contributed by atoms with Crippen molar-refractivity contribution in [3.05, 3.63) is 29.6 Å². The topological polar surface area (TPSA) is 29.1 Å². The zero-order valence-corrected chi connectivity index (χ0v) is 8.03. The van der Waals surface area contributed by atoms with Gasteiger partial charge in [-0.1, -0.05) is 18.9 Å². The lowest BCUT2D eigenvalue weighted by molar-refractivity contribution is 0.112. The molecular formula is C9H10FNOS. The standard InChI is InChI=1S/C9H10FNOS/c1-2-13-11-9-4-7(6-12)3-8(10)5-9/h3-6,11H,2H2,1H3. The monoisotopic (exact) mass is 199 g/mol. The number of carbonyl (C=O) groups is 1. The van der Waals surface area contributed by atoms with Gasteiger partial charge in [-0.25, -0.2) is 4.39 Å². The van der Waals surface area contributed by atoms with Gasteiger partial charge in [0.2, 0.25) is 0 Å². The zero-order chi connectivity index (χ0) is 9.68. The van der Waals surface area contributed by atoms with Crippen molar-refractivity contribution in [3.63, 3.8) is 0 Å². The Balaban J connectivity index is 2.81. The first kappa shape index (κ1) is 10.1. The summed E-state index contributed by atoms with van der Waals surface area (Å²) in [5, 5.41) is 0. The van der Waals surface area contributed by atoms with Crippen molar-refractivity contribution in [1.29, 1.82) is 0 Å². The number of rotatable bonds is 4. The lowest BCUT2D eigenvalue weighted by atomic mass is 10.2. The summed E-state index contributed by atoms with van der Waals surface area (Å²) < 4.78 is 15.8. The van der Waals surface area contributed by atoms with Crippen LogP contribution in [0.2, 0.25) is 0 Å². The number of hydrogen-bond donors (Lipinski definition) is 1. The van der Waals surface area contributed by atoms with Gasteiger partial charge < -0.3 is 4.72 Å². The Labute approximate surface area is 80.7 Å². The third-order valence-electron chi connectivity index (χ3n) is 1.39. The van der Waals surface area contributed by atoms with Crippen LogP contribution in [0.5, 0.6) is 0 Å². The minimum atomic E-state index is -0.399. The fourth-order valence-electron chi connectivity index (χ4n) is 0.895. The van der Waals surface area contributed by atoms with Gasteiger partial charge >= 0.3 is 0 Å². The van der Waals surface area contributed by atoms with Crippen LogP contribution in [0.15, 0.2) is 18.2 Å². The average Bonchev–Trinajstić information content (AvgIpc) is 2.14. The molecule has 0 aromatic heterocycles. The summed E-state index contributed by atoms with van der Waals surface area (Å²) in [4.78, 5) is 10.4. The molecule has 1 aromatic carbocycles. The molecule has 0 aliphatic heterocycles. The molecular weight excluding hydrogens is 189 g/mol. The van der Waals surface area contributed by atoms with E-state index < -0.39 is 5.82 Å². The Bertz CT molecular complexity index is 304. The van der Waals surface area contributed by atoms with Crippen LogP contribution in [-0.2, 0) is 0 Å². The predicted octanol–water partition coefficient (Wildman–Crippen LogP) is 2.72. The number of halogens is 1. The van der Waals surface area contributed by atoms with Crippen LogP contribution in [-0.4, -0.2) is 12.0 Å². The van der Waals surface area contributed by atoms with Crippen molar-refractivity contribution in [1.82, 2.24) is 0 Å². The SMILES string of the molecule is CCSNc1cc(F)cc(C=O)c1. The van der Waals surface area contributed by atoms with Gasteiger partial charge in [0.15, 0.2) is 0 Å². The molecule has 0 amide bonds. The van der Waals surface area contributed by atoms with Crippen LogP contribution < -0.4 is 4.72 Å². The van der Waals surface area contributed by atoms with Gasteiger partial charge in [-0.15, -0.1) is 0 Å². The van der Waals surface area contributed by atoms with Crippen molar-refractivity contribution in [2.45, 2.75) is 6.92 Å². The molecule has 1 aromatic rings. The van der Waals surface area contributed by atoms with Gasteiger partial charge in [0.05, 0.1) is 0 Å². The molecule has 0 aliphatic carbocycles. The highest BCUT2D eigenvalue weighted by atomic mass is 32.2. The smallest absolute Gasteiger partial charge is 0.150 e. The maximum Gasteiger partial charge on any atom is 0.150 e. The lowest BCUT2D eigenvalue weighted by Crippen LogP contribution is -1.91. The third-order valence-corrected chi connectivity index (χ3v) is 2.06. The average molecular weight is 199 g/mol. The van der Waals surface area contributed by atoms with Crippen molar-refractivity contribution < 1.29 is 9.18 Å². The molecule has 0 bridgehead atoms. The van der Waals surface area contributed by atoms with Crippen molar-refractivity contribution in [2.24, 2.45) is 0 Å². The summed E-state index contributed by atoms with van der Waals surface area (Å²) in [6.45, 7) is 1.98. The fraction of sp³-hybridized carbons (Fsp3) is 0.222. The van der Waals surface area contributed by atoms with E-state index in [0.29, 0.717) is 17.5 Å². The Hall–Kier alpha value is -1.03. The summed E-state index contributed by atoms with van der Waals surface area (Å²) in [6, 6.07) is 4.17. The molecule has 0 atom stereocenters. The first-order valence-electron chi connectivity index (χ1n) is 3.90. The zero-order valence-electron chi connectivity index (χ0n) is 7.21. The number of anilines is 1. The molecule has 4 heteroatoms. The molecule has 70 valence electrons. The Morgan fingerprint density at radius 3 is 2.92 bits per heavy atom. The molecule has 0 heterocycles. The highest BCUT2D eigenvalue weighted by Crippen LogP contribution is 2.16. The van der Waals surface area contributed by atoms with E-state index >= 15 is 0 Å². The Morgan fingerprint density at radius 1 is 1.54 bits per heavy atom. The maximum absolute atomic E-state index is 12.8. The van der Waals surface area contributed by atoms with Crippen molar-refractivity contribution >= 4 is 23.9 Å². The minimum Gasteiger partial charge on any atom is -0.330 e. The van der Waals surface area contributed by atoms with Gasteiger partial charge in [0.1, 0.15) is 12.1 Å². The molecule has 0 spiro atoms. The Morgan fingerprint density at radius 2 is 2.31 bits per heavy atom. The molecule has 0 saturated heterocycles. The van der Waals surface area contributed by atoms with Crippen LogP contribution in [0.3, 0.4) is 0 Å².